The molecule has 0 aliphatic carbocycles. The van der Waals surface area contributed by atoms with Gasteiger partial charge in [-0.2, -0.15) is 26.9 Å². The summed E-state index contributed by atoms with van der Waals surface area (Å²) in [5.41, 5.74) is -5.16. The largest absolute Gasteiger partial charge is 0.534 e. The van der Waals surface area contributed by atoms with Crippen molar-refractivity contribution in [2.24, 2.45) is 0 Å². The third kappa shape index (κ3) is 2.88. The normalized spacial score (nSPS) is 11.9. The first-order valence-corrected chi connectivity index (χ1v) is 5.60. The van der Waals surface area contributed by atoms with Crippen molar-refractivity contribution in [2.75, 3.05) is 0 Å². The Balaban J connectivity index is 3.11. The predicted octanol–water partition coefficient (Wildman–Crippen LogP) is 2.10. The third-order valence-electron chi connectivity index (χ3n) is 1.79. The van der Waals surface area contributed by atoms with E-state index in [0.717, 1.165) is 12.1 Å². The zero-order valence-electron chi connectivity index (χ0n) is 8.45. The Morgan fingerprint density at radius 1 is 1.35 bits per heavy atom. The van der Waals surface area contributed by atoms with E-state index in [1.54, 1.807) is 6.07 Å². The minimum atomic E-state index is -5.68. The summed E-state index contributed by atoms with van der Waals surface area (Å²) in [5, 5.41) is 8.53. The Morgan fingerprint density at radius 2 is 1.94 bits per heavy atom. The quantitative estimate of drug-likeness (QED) is 0.606. The highest BCUT2D eigenvalue weighted by atomic mass is 32.2. The van der Waals surface area contributed by atoms with Crippen LogP contribution in [0.3, 0.4) is 0 Å². The maximum absolute atomic E-state index is 12.0. The minimum Gasteiger partial charge on any atom is -0.376 e. The fourth-order valence-electron chi connectivity index (χ4n) is 0.978. The average Bonchev–Trinajstić information content (AvgIpc) is 2.19. The lowest BCUT2D eigenvalue weighted by Gasteiger charge is -2.11. The topological polar surface area (TPSA) is 67.2 Å². The van der Waals surface area contributed by atoms with Crippen LogP contribution in [0.2, 0.25) is 0 Å². The molecule has 17 heavy (non-hydrogen) atoms. The summed E-state index contributed by atoms with van der Waals surface area (Å²) in [6.07, 6.45) is 0. The molecule has 1 rings (SSSR count). The van der Waals surface area contributed by atoms with E-state index < -0.39 is 21.4 Å². The number of hydrogen-bond acceptors (Lipinski definition) is 4. The van der Waals surface area contributed by atoms with Crippen molar-refractivity contribution in [3.63, 3.8) is 0 Å². The molecule has 0 unspecified atom stereocenters. The van der Waals surface area contributed by atoms with Crippen LogP contribution in [0, 0.1) is 18.3 Å². The second-order valence-electron chi connectivity index (χ2n) is 3.08. The number of benzene rings is 1. The molecule has 0 aromatic heterocycles. The third-order valence-corrected chi connectivity index (χ3v) is 2.75. The van der Waals surface area contributed by atoms with E-state index in [2.05, 4.69) is 4.18 Å². The van der Waals surface area contributed by atoms with Crippen molar-refractivity contribution >= 4 is 10.1 Å². The number of rotatable bonds is 2. The first-order valence-electron chi connectivity index (χ1n) is 4.19. The van der Waals surface area contributed by atoms with Crippen LogP contribution in [0.1, 0.15) is 11.1 Å². The SMILES string of the molecule is Cc1cc(C#N)ccc1OS(=O)(=O)C(F)(F)F. The molecule has 0 fully saturated rings. The maximum atomic E-state index is 12.0. The fraction of sp³-hybridized carbons (Fsp3) is 0.222. The van der Waals surface area contributed by atoms with Crippen LogP contribution in [-0.4, -0.2) is 13.9 Å². The summed E-state index contributed by atoms with van der Waals surface area (Å²) in [7, 11) is -5.68. The first-order chi connectivity index (χ1) is 7.67. The lowest BCUT2D eigenvalue weighted by molar-refractivity contribution is -0.0500. The van der Waals surface area contributed by atoms with Crippen LogP contribution in [0.5, 0.6) is 5.75 Å². The van der Waals surface area contributed by atoms with Gasteiger partial charge in [-0.15, -0.1) is 0 Å². The van der Waals surface area contributed by atoms with Crippen molar-refractivity contribution in [3.8, 4) is 11.8 Å². The van der Waals surface area contributed by atoms with Gasteiger partial charge in [0.05, 0.1) is 11.6 Å². The Hall–Kier alpha value is -1.75. The summed E-state index contributed by atoms with van der Waals surface area (Å²) < 4.78 is 61.5. The Labute approximate surface area is 95.4 Å². The van der Waals surface area contributed by atoms with Crippen molar-refractivity contribution in [1.29, 1.82) is 5.26 Å². The highest BCUT2D eigenvalue weighted by Gasteiger charge is 2.48. The fourth-order valence-corrected chi connectivity index (χ4v) is 1.50. The van der Waals surface area contributed by atoms with Crippen LogP contribution in [0.15, 0.2) is 18.2 Å². The van der Waals surface area contributed by atoms with Crippen molar-refractivity contribution in [1.82, 2.24) is 0 Å². The average molecular weight is 265 g/mol. The Bertz CT molecular complexity index is 572. The monoisotopic (exact) mass is 265 g/mol. The van der Waals surface area contributed by atoms with E-state index in [1.165, 1.54) is 13.0 Å². The molecule has 0 amide bonds. The summed E-state index contributed by atoms with van der Waals surface area (Å²) in [4.78, 5) is 0. The van der Waals surface area contributed by atoms with E-state index in [0.29, 0.717) is 0 Å². The number of aryl methyl sites for hydroxylation is 1. The number of nitrogens with zero attached hydrogens (tertiary/aromatic N) is 1. The molecule has 0 spiro atoms. The van der Waals surface area contributed by atoms with E-state index >= 15 is 0 Å². The molecule has 1 aromatic rings. The van der Waals surface area contributed by atoms with Crippen LogP contribution in [0.4, 0.5) is 13.2 Å². The second kappa shape index (κ2) is 4.25. The van der Waals surface area contributed by atoms with E-state index in [4.69, 9.17) is 5.26 Å². The highest BCUT2D eigenvalue weighted by molar-refractivity contribution is 7.88. The van der Waals surface area contributed by atoms with Crippen LogP contribution < -0.4 is 4.18 Å². The highest BCUT2D eigenvalue weighted by Crippen LogP contribution is 2.28. The molecule has 8 heteroatoms. The van der Waals surface area contributed by atoms with Crippen molar-refractivity contribution < 1.29 is 25.8 Å². The Kier molecular flexibility index (Phi) is 3.33. The van der Waals surface area contributed by atoms with E-state index in [1.807, 2.05) is 0 Å². The number of alkyl halides is 3. The molecule has 0 saturated heterocycles. The molecular weight excluding hydrogens is 259 g/mol. The molecule has 0 aliphatic heterocycles. The molecule has 0 radical (unpaired) electrons. The van der Waals surface area contributed by atoms with Gasteiger partial charge in [-0.1, -0.05) is 0 Å². The van der Waals surface area contributed by atoms with Gasteiger partial charge in [-0.25, -0.2) is 0 Å². The summed E-state index contributed by atoms with van der Waals surface area (Å²) >= 11 is 0. The minimum absolute atomic E-state index is 0.122. The molecule has 92 valence electrons. The second-order valence-corrected chi connectivity index (χ2v) is 4.61. The maximum Gasteiger partial charge on any atom is 0.534 e. The van der Waals surface area contributed by atoms with Gasteiger partial charge < -0.3 is 4.18 Å². The molecular formula is C9H6F3NO3S. The standard InChI is InChI=1S/C9H6F3NO3S/c1-6-4-7(5-13)2-3-8(6)16-17(14,15)9(10,11)12/h2-4H,1H3. The first kappa shape index (κ1) is 13.3. The van der Waals surface area contributed by atoms with Gasteiger partial charge in [0.25, 0.3) is 0 Å². The predicted molar refractivity (Wildman–Crippen MR) is 51.5 cm³/mol. The number of nitriles is 1. The van der Waals surface area contributed by atoms with Crippen molar-refractivity contribution in [3.05, 3.63) is 29.3 Å². The Morgan fingerprint density at radius 3 is 2.35 bits per heavy atom. The molecule has 1 aromatic carbocycles. The lowest BCUT2D eigenvalue weighted by atomic mass is 10.1. The summed E-state index contributed by atoms with van der Waals surface area (Å²) in [6.45, 7) is 1.34. The van der Waals surface area contributed by atoms with Gasteiger partial charge in [0.1, 0.15) is 5.75 Å². The van der Waals surface area contributed by atoms with Gasteiger partial charge in [-0.05, 0) is 30.7 Å². The van der Waals surface area contributed by atoms with E-state index in [9.17, 15) is 21.6 Å². The molecule has 0 heterocycles. The number of hydrogen-bond donors (Lipinski definition) is 0. The molecule has 0 atom stereocenters. The van der Waals surface area contributed by atoms with Gasteiger partial charge in [0.15, 0.2) is 0 Å². The zero-order valence-corrected chi connectivity index (χ0v) is 9.26. The van der Waals surface area contributed by atoms with Gasteiger partial charge in [0.2, 0.25) is 0 Å². The van der Waals surface area contributed by atoms with Crippen LogP contribution in [-0.2, 0) is 10.1 Å². The summed E-state index contributed by atoms with van der Waals surface area (Å²) in [5.74, 6) is -0.457. The molecule has 0 saturated carbocycles. The summed E-state index contributed by atoms with van der Waals surface area (Å²) in [6, 6.07) is 5.14. The van der Waals surface area contributed by atoms with Gasteiger partial charge in [-0.3, -0.25) is 0 Å². The lowest BCUT2D eigenvalue weighted by Crippen LogP contribution is -2.28. The smallest absolute Gasteiger partial charge is 0.376 e. The molecule has 0 N–H and O–H groups in total. The van der Waals surface area contributed by atoms with Crippen molar-refractivity contribution in [2.45, 2.75) is 12.4 Å². The van der Waals surface area contributed by atoms with E-state index in [-0.39, 0.29) is 11.1 Å². The molecule has 0 aliphatic rings. The van der Waals surface area contributed by atoms with Crippen LogP contribution >= 0.6 is 0 Å². The van der Waals surface area contributed by atoms with Gasteiger partial charge in [0, 0.05) is 0 Å². The van der Waals surface area contributed by atoms with Gasteiger partial charge >= 0.3 is 15.6 Å². The van der Waals surface area contributed by atoms with Crippen LogP contribution in [0.25, 0.3) is 0 Å². The number of halogens is 3. The molecule has 4 nitrogen and oxygen atoms in total. The zero-order chi connectivity index (χ0) is 13.3. The molecule has 0 bridgehead atoms.